The lowest BCUT2D eigenvalue weighted by molar-refractivity contribution is -0.135. The Morgan fingerprint density at radius 2 is 2.17 bits per heavy atom. The lowest BCUT2D eigenvalue weighted by Crippen LogP contribution is -2.39. The molecule has 0 radical (unpaired) electrons. The number of hydrazone groups is 1. The predicted molar refractivity (Wildman–Crippen MR) is 88.4 cm³/mol. The van der Waals surface area contributed by atoms with Crippen LogP contribution >= 0.6 is 0 Å². The number of carbonyl (C=O) groups is 2. The summed E-state index contributed by atoms with van der Waals surface area (Å²) in [4.78, 5) is 25.4. The molecule has 2 amide bonds. The van der Waals surface area contributed by atoms with Crippen molar-refractivity contribution in [2.45, 2.75) is 32.6 Å². The quantitative estimate of drug-likeness (QED) is 0.661. The van der Waals surface area contributed by atoms with Gasteiger partial charge in [-0.25, -0.2) is 9.82 Å². The highest BCUT2D eigenvalue weighted by Crippen LogP contribution is 2.18. The largest absolute Gasteiger partial charge is 0.494 e. The van der Waals surface area contributed by atoms with Gasteiger partial charge in [0.2, 0.25) is 5.91 Å². The van der Waals surface area contributed by atoms with E-state index in [0.717, 1.165) is 19.3 Å². The first-order valence-electron chi connectivity index (χ1n) is 7.96. The predicted octanol–water partition coefficient (Wildman–Crippen LogP) is 2.08. The highest BCUT2D eigenvalue weighted by Gasteiger charge is 2.19. The Balaban J connectivity index is 1.94. The van der Waals surface area contributed by atoms with E-state index in [0.29, 0.717) is 24.2 Å². The Labute approximate surface area is 140 Å². The van der Waals surface area contributed by atoms with Crippen molar-refractivity contribution in [1.82, 2.24) is 10.3 Å². The number of likely N-dealkylation sites (tertiary alicyclic amines) is 1. The Kier molecular flexibility index (Phi) is 6.28. The van der Waals surface area contributed by atoms with Gasteiger partial charge in [0, 0.05) is 18.5 Å². The van der Waals surface area contributed by atoms with Crippen LogP contribution in [0.3, 0.4) is 0 Å². The number of nitrogens with zero attached hydrogens (tertiary/aromatic N) is 2. The highest BCUT2D eigenvalue weighted by molar-refractivity contribution is 5.99. The molecule has 7 heteroatoms. The van der Waals surface area contributed by atoms with Crippen LogP contribution in [0.2, 0.25) is 0 Å². The number of hydrogen-bond acceptors (Lipinski definition) is 4. The minimum atomic E-state index is -0.494. The maximum Gasteiger partial charge on any atom is 0.259 e. The molecule has 130 valence electrons. The Hall–Kier alpha value is -2.44. The van der Waals surface area contributed by atoms with Gasteiger partial charge in [0.25, 0.3) is 5.91 Å². The van der Waals surface area contributed by atoms with Crippen molar-refractivity contribution in [3.05, 3.63) is 29.6 Å². The molecule has 0 unspecified atom stereocenters. The summed E-state index contributed by atoms with van der Waals surface area (Å²) >= 11 is 0. The second-order valence-electron chi connectivity index (χ2n) is 5.71. The molecule has 2 rings (SSSR count). The lowest BCUT2D eigenvalue weighted by Gasteiger charge is -2.19. The molecule has 0 bridgehead atoms. The first kappa shape index (κ1) is 17.9. The standard InChI is InChI=1S/C17H22FN3O3/c1-12(13-7-8-15(24-2)14(18)10-13)19-20-16(22)11-21-9-5-3-4-6-17(21)23/h7-8,10H,3-6,9,11H2,1-2H3,(H,20,22)/b19-12-. The van der Waals surface area contributed by atoms with Crippen LogP contribution in [0.15, 0.2) is 23.3 Å². The van der Waals surface area contributed by atoms with E-state index >= 15 is 0 Å². The highest BCUT2D eigenvalue weighted by atomic mass is 19.1. The molecule has 1 N–H and O–H groups in total. The molecule has 0 aliphatic carbocycles. The first-order chi connectivity index (χ1) is 11.5. The van der Waals surface area contributed by atoms with Gasteiger partial charge < -0.3 is 9.64 Å². The summed E-state index contributed by atoms with van der Waals surface area (Å²) in [5.74, 6) is -0.708. The minimum absolute atomic E-state index is 0.000534. The molecule has 0 aromatic heterocycles. The number of rotatable bonds is 5. The summed E-state index contributed by atoms with van der Waals surface area (Å²) < 4.78 is 18.5. The molecular formula is C17H22FN3O3. The van der Waals surface area contributed by atoms with Gasteiger partial charge in [0.15, 0.2) is 11.6 Å². The van der Waals surface area contributed by atoms with E-state index in [1.54, 1.807) is 17.9 Å². The molecule has 1 aliphatic heterocycles. The van der Waals surface area contributed by atoms with Gasteiger partial charge in [-0.2, -0.15) is 5.10 Å². The summed E-state index contributed by atoms with van der Waals surface area (Å²) in [6, 6.07) is 4.45. The fourth-order valence-corrected chi connectivity index (χ4v) is 2.52. The van der Waals surface area contributed by atoms with Gasteiger partial charge >= 0.3 is 0 Å². The van der Waals surface area contributed by atoms with Crippen molar-refractivity contribution >= 4 is 17.5 Å². The van der Waals surface area contributed by atoms with E-state index < -0.39 is 5.82 Å². The number of carbonyl (C=O) groups excluding carboxylic acids is 2. The fraction of sp³-hybridized carbons (Fsp3) is 0.471. The zero-order chi connectivity index (χ0) is 17.5. The number of benzene rings is 1. The summed E-state index contributed by atoms with van der Waals surface area (Å²) in [6.07, 6.45) is 3.27. The van der Waals surface area contributed by atoms with Crippen molar-refractivity contribution in [3.63, 3.8) is 0 Å². The Morgan fingerprint density at radius 3 is 2.88 bits per heavy atom. The van der Waals surface area contributed by atoms with Crippen LogP contribution in [0.5, 0.6) is 5.75 Å². The normalized spacial score (nSPS) is 15.9. The number of amides is 2. The van der Waals surface area contributed by atoms with Crippen molar-refractivity contribution in [1.29, 1.82) is 0 Å². The molecule has 24 heavy (non-hydrogen) atoms. The summed E-state index contributed by atoms with van der Waals surface area (Å²) in [5.41, 5.74) is 3.42. The van der Waals surface area contributed by atoms with E-state index in [4.69, 9.17) is 4.74 Å². The molecule has 0 atom stereocenters. The maximum atomic E-state index is 13.7. The number of ether oxygens (including phenoxy) is 1. The van der Waals surface area contributed by atoms with Crippen molar-refractivity contribution in [3.8, 4) is 5.75 Å². The van der Waals surface area contributed by atoms with E-state index in [-0.39, 0.29) is 24.1 Å². The zero-order valence-corrected chi connectivity index (χ0v) is 14.0. The molecule has 1 heterocycles. The number of halogens is 1. The van der Waals surface area contributed by atoms with Crippen LogP contribution in [0.25, 0.3) is 0 Å². The average Bonchev–Trinajstić information content (AvgIpc) is 2.77. The average molecular weight is 335 g/mol. The van der Waals surface area contributed by atoms with Gasteiger partial charge in [-0.1, -0.05) is 6.42 Å². The molecule has 1 aromatic carbocycles. The van der Waals surface area contributed by atoms with Crippen molar-refractivity contribution < 1.29 is 18.7 Å². The topological polar surface area (TPSA) is 71.0 Å². The molecule has 1 aromatic rings. The van der Waals surface area contributed by atoms with Gasteiger partial charge in [-0.05, 0) is 38.0 Å². The fourth-order valence-electron chi connectivity index (χ4n) is 2.52. The number of nitrogens with one attached hydrogen (secondary N) is 1. The van der Waals surface area contributed by atoms with E-state index in [1.165, 1.54) is 19.2 Å². The van der Waals surface area contributed by atoms with Crippen molar-refractivity contribution in [2.24, 2.45) is 5.10 Å². The third-order valence-electron chi connectivity index (χ3n) is 3.92. The van der Waals surface area contributed by atoms with Crippen molar-refractivity contribution in [2.75, 3.05) is 20.2 Å². The summed E-state index contributed by atoms with van der Waals surface area (Å²) in [5, 5.41) is 3.98. The van der Waals surface area contributed by atoms with Gasteiger partial charge in [0.05, 0.1) is 12.8 Å². The van der Waals surface area contributed by atoms with Gasteiger partial charge in [-0.15, -0.1) is 0 Å². The second-order valence-corrected chi connectivity index (χ2v) is 5.71. The molecule has 6 nitrogen and oxygen atoms in total. The third kappa shape index (κ3) is 4.78. The second kappa shape index (κ2) is 8.42. The van der Waals surface area contributed by atoms with E-state index in [1.807, 2.05) is 0 Å². The Bertz CT molecular complexity index is 646. The molecule has 1 saturated heterocycles. The smallest absolute Gasteiger partial charge is 0.259 e. The van der Waals surface area contributed by atoms with Crippen LogP contribution in [0, 0.1) is 5.82 Å². The zero-order valence-electron chi connectivity index (χ0n) is 14.0. The van der Waals surface area contributed by atoms with Crippen LogP contribution in [-0.2, 0) is 9.59 Å². The monoisotopic (exact) mass is 335 g/mol. The van der Waals surface area contributed by atoms with Crippen LogP contribution in [0.1, 0.15) is 38.2 Å². The third-order valence-corrected chi connectivity index (χ3v) is 3.92. The molecular weight excluding hydrogens is 313 g/mol. The maximum absolute atomic E-state index is 13.7. The number of hydrogen-bond donors (Lipinski definition) is 1. The van der Waals surface area contributed by atoms with E-state index in [2.05, 4.69) is 10.5 Å². The molecule has 0 spiro atoms. The van der Waals surface area contributed by atoms with Crippen LogP contribution < -0.4 is 10.2 Å². The first-order valence-corrected chi connectivity index (χ1v) is 7.96. The molecule has 1 aliphatic rings. The van der Waals surface area contributed by atoms with E-state index in [9.17, 15) is 14.0 Å². The summed E-state index contributed by atoms with van der Waals surface area (Å²) in [6.45, 7) is 2.25. The van der Waals surface area contributed by atoms with Crippen LogP contribution in [0.4, 0.5) is 4.39 Å². The lowest BCUT2D eigenvalue weighted by atomic mass is 10.1. The molecule has 0 saturated carbocycles. The van der Waals surface area contributed by atoms with Gasteiger partial charge in [-0.3, -0.25) is 9.59 Å². The minimum Gasteiger partial charge on any atom is -0.494 e. The van der Waals surface area contributed by atoms with Gasteiger partial charge in [0.1, 0.15) is 6.54 Å². The molecule has 1 fully saturated rings. The number of methoxy groups -OCH3 is 1. The summed E-state index contributed by atoms with van der Waals surface area (Å²) in [7, 11) is 1.39. The SMILES string of the molecule is COc1ccc(/C(C)=N\NC(=O)CN2CCCCCC2=O)cc1F. The Morgan fingerprint density at radius 1 is 1.38 bits per heavy atom. The van der Waals surface area contributed by atoms with Crippen LogP contribution in [-0.4, -0.2) is 42.6 Å².